The molecule has 0 radical (unpaired) electrons. The van der Waals surface area contributed by atoms with Crippen molar-refractivity contribution in [2.75, 3.05) is 7.11 Å². The van der Waals surface area contributed by atoms with Gasteiger partial charge in [-0.15, -0.1) is 0 Å². The summed E-state index contributed by atoms with van der Waals surface area (Å²) in [5.41, 5.74) is 0.656. The van der Waals surface area contributed by atoms with Gasteiger partial charge < -0.3 is 4.74 Å². The van der Waals surface area contributed by atoms with Gasteiger partial charge in [0.15, 0.2) is 0 Å². The molecular formula is C8H11NO3S. The Bertz CT molecular complexity index is 369. The second-order valence-electron chi connectivity index (χ2n) is 2.66. The molecule has 0 unspecified atom stereocenters. The highest BCUT2D eigenvalue weighted by atomic mass is 32.2. The van der Waals surface area contributed by atoms with Crippen LogP contribution in [0.15, 0.2) is 24.3 Å². The Balaban J connectivity index is 2.81. The maximum Gasteiger partial charge on any atom is 0.213 e. The number of benzene rings is 1. The zero-order chi connectivity index (χ0) is 9.90. The van der Waals surface area contributed by atoms with Gasteiger partial charge >= 0.3 is 0 Å². The van der Waals surface area contributed by atoms with Gasteiger partial charge in [0, 0.05) is 0 Å². The van der Waals surface area contributed by atoms with Crippen molar-refractivity contribution in [3.05, 3.63) is 29.8 Å². The van der Waals surface area contributed by atoms with Gasteiger partial charge in [-0.1, -0.05) is 12.1 Å². The van der Waals surface area contributed by atoms with Crippen LogP contribution < -0.4 is 9.88 Å². The standard InChI is InChI=1S/C8H11NO3S/c1-12-8-4-2-7(3-5-8)6-13(9,10)11/h2-5H,6H2,1H3,(H2,9,10,11). The highest BCUT2D eigenvalue weighted by Gasteiger charge is 2.04. The molecule has 72 valence electrons. The zero-order valence-electron chi connectivity index (χ0n) is 7.23. The molecule has 1 aromatic rings. The second-order valence-corrected chi connectivity index (χ2v) is 4.27. The maximum absolute atomic E-state index is 10.7. The Morgan fingerprint density at radius 3 is 2.23 bits per heavy atom. The van der Waals surface area contributed by atoms with Crippen molar-refractivity contribution < 1.29 is 13.2 Å². The van der Waals surface area contributed by atoms with E-state index in [4.69, 9.17) is 9.88 Å². The first kappa shape index (κ1) is 10.0. The third-order valence-electron chi connectivity index (χ3n) is 1.53. The molecule has 0 aromatic heterocycles. The zero-order valence-corrected chi connectivity index (χ0v) is 8.04. The van der Waals surface area contributed by atoms with Gasteiger partial charge in [0.2, 0.25) is 10.0 Å². The fourth-order valence-electron chi connectivity index (χ4n) is 0.954. The number of hydrogen-bond acceptors (Lipinski definition) is 3. The topological polar surface area (TPSA) is 69.4 Å². The van der Waals surface area contributed by atoms with Crippen molar-refractivity contribution in [1.82, 2.24) is 0 Å². The smallest absolute Gasteiger partial charge is 0.213 e. The predicted molar refractivity (Wildman–Crippen MR) is 49.8 cm³/mol. The normalized spacial score (nSPS) is 11.2. The van der Waals surface area contributed by atoms with Crippen LogP contribution in [-0.4, -0.2) is 15.5 Å². The highest BCUT2D eigenvalue weighted by Crippen LogP contribution is 2.12. The van der Waals surface area contributed by atoms with Gasteiger partial charge in [-0.3, -0.25) is 0 Å². The molecule has 0 aliphatic carbocycles. The largest absolute Gasteiger partial charge is 0.497 e. The van der Waals surface area contributed by atoms with Crippen molar-refractivity contribution in [3.63, 3.8) is 0 Å². The minimum absolute atomic E-state index is 0.142. The molecule has 13 heavy (non-hydrogen) atoms. The summed E-state index contributed by atoms with van der Waals surface area (Å²) in [6.45, 7) is 0. The number of methoxy groups -OCH3 is 1. The Kier molecular flexibility index (Phi) is 2.90. The lowest BCUT2D eigenvalue weighted by Gasteiger charge is -2.01. The highest BCUT2D eigenvalue weighted by molar-refractivity contribution is 7.88. The minimum Gasteiger partial charge on any atom is -0.497 e. The minimum atomic E-state index is -3.44. The van der Waals surface area contributed by atoms with Crippen LogP contribution in [0, 0.1) is 0 Å². The maximum atomic E-state index is 10.7. The van der Waals surface area contributed by atoms with E-state index >= 15 is 0 Å². The Hall–Kier alpha value is -1.07. The monoisotopic (exact) mass is 201 g/mol. The summed E-state index contributed by atoms with van der Waals surface area (Å²) < 4.78 is 26.3. The lowest BCUT2D eigenvalue weighted by molar-refractivity contribution is 0.414. The molecule has 0 heterocycles. The van der Waals surface area contributed by atoms with Crippen LogP contribution in [-0.2, 0) is 15.8 Å². The van der Waals surface area contributed by atoms with Gasteiger partial charge in [-0.05, 0) is 17.7 Å². The number of primary sulfonamides is 1. The van der Waals surface area contributed by atoms with E-state index in [9.17, 15) is 8.42 Å². The van der Waals surface area contributed by atoms with Crippen LogP contribution in [0.4, 0.5) is 0 Å². The van der Waals surface area contributed by atoms with E-state index in [0.29, 0.717) is 11.3 Å². The average Bonchev–Trinajstić information content (AvgIpc) is 2.03. The molecule has 2 N–H and O–H groups in total. The third-order valence-corrected chi connectivity index (χ3v) is 2.26. The number of hydrogen-bond donors (Lipinski definition) is 1. The lowest BCUT2D eigenvalue weighted by atomic mass is 10.2. The molecule has 0 saturated heterocycles. The molecule has 0 fully saturated rings. The van der Waals surface area contributed by atoms with E-state index in [0.717, 1.165) is 0 Å². The molecule has 0 spiro atoms. The molecule has 1 aromatic carbocycles. The van der Waals surface area contributed by atoms with Gasteiger partial charge in [0.05, 0.1) is 12.9 Å². The summed E-state index contributed by atoms with van der Waals surface area (Å²) in [6, 6.07) is 6.73. The molecule has 0 bridgehead atoms. The molecule has 1 rings (SSSR count). The quantitative estimate of drug-likeness (QED) is 0.773. The summed E-state index contributed by atoms with van der Waals surface area (Å²) in [5.74, 6) is 0.551. The van der Waals surface area contributed by atoms with Gasteiger partial charge in [-0.2, -0.15) is 0 Å². The van der Waals surface area contributed by atoms with Crippen LogP contribution in [0.1, 0.15) is 5.56 Å². The average molecular weight is 201 g/mol. The van der Waals surface area contributed by atoms with Crippen molar-refractivity contribution >= 4 is 10.0 Å². The SMILES string of the molecule is COc1ccc(CS(N)(=O)=O)cc1. The van der Waals surface area contributed by atoms with Crippen molar-refractivity contribution in [1.29, 1.82) is 0 Å². The first-order chi connectivity index (χ1) is 6.01. The number of ether oxygens (including phenoxy) is 1. The number of sulfonamides is 1. The Morgan fingerprint density at radius 2 is 1.85 bits per heavy atom. The summed E-state index contributed by atoms with van der Waals surface area (Å²) in [4.78, 5) is 0. The van der Waals surface area contributed by atoms with E-state index in [1.807, 2.05) is 0 Å². The van der Waals surface area contributed by atoms with Gasteiger partial charge in [0.1, 0.15) is 5.75 Å². The van der Waals surface area contributed by atoms with Crippen LogP contribution in [0.25, 0.3) is 0 Å². The predicted octanol–water partition coefficient (Wildman–Crippen LogP) is 0.484. The van der Waals surface area contributed by atoms with Crippen LogP contribution in [0.3, 0.4) is 0 Å². The molecule has 0 saturated carbocycles. The summed E-state index contributed by atoms with van der Waals surface area (Å²) in [7, 11) is -1.89. The third kappa shape index (κ3) is 3.43. The lowest BCUT2D eigenvalue weighted by Crippen LogP contribution is -2.14. The van der Waals surface area contributed by atoms with Crippen molar-refractivity contribution in [2.24, 2.45) is 5.14 Å². The van der Waals surface area contributed by atoms with E-state index in [-0.39, 0.29) is 5.75 Å². The van der Waals surface area contributed by atoms with Gasteiger partial charge in [0.25, 0.3) is 0 Å². The van der Waals surface area contributed by atoms with E-state index in [2.05, 4.69) is 0 Å². The summed E-state index contributed by atoms with van der Waals surface area (Å²) in [5, 5.41) is 4.88. The van der Waals surface area contributed by atoms with Crippen LogP contribution >= 0.6 is 0 Å². The first-order valence-corrected chi connectivity index (χ1v) is 5.36. The molecule has 0 aliphatic rings. The van der Waals surface area contributed by atoms with Gasteiger partial charge in [-0.25, -0.2) is 13.6 Å². The molecule has 0 amide bonds. The van der Waals surface area contributed by atoms with E-state index in [1.54, 1.807) is 31.4 Å². The van der Waals surface area contributed by atoms with Crippen LogP contribution in [0.2, 0.25) is 0 Å². The Morgan fingerprint density at radius 1 is 1.31 bits per heavy atom. The van der Waals surface area contributed by atoms with E-state index < -0.39 is 10.0 Å². The summed E-state index contributed by atoms with van der Waals surface area (Å²) in [6.07, 6.45) is 0. The molecule has 0 atom stereocenters. The fourth-order valence-corrected chi connectivity index (χ4v) is 1.61. The fraction of sp³-hybridized carbons (Fsp3) is 0.250. The number of nitrogens with two attached hydrogens (primary N) is 1. The molecule has 0 aliphatic heterocycles. The van der Waals surface area contributed by atoms with Crippen molar-refractivity contribution in [3.8, 4) is 5.75 Å². The molecule has 5 heteroatoms. The second kappa shape index (κ2) is 3.76. The molecule has 4 nitrogen and oxygen atoms in total. The summed E-state index contributed by atoms with van der Waals surface area (Å²) >= 11 is 0. The van der Waals surface area contributed by atoms with E-state index in [1.165, 1.54) is 0 Å². The molecular weight excluding hydrogens is 190 g/mol. The number of rotatable bonds is 3. The van der Waals surface area contributed by atoms with Crippen molar-refractivity contribution in [2.45, 2.75) is 5.75 Å². The Labute approximate surface area is 77.4 Å². The first-order valence-electron chi connectivity index (χ1n) is 3.65. The van der Waals surface area contributed by atoms with Crippen LogP contribution in [0.5, 0.6) is 5.75 Å².